The van der Waals surface area contributed by atoms with Crippen LogP contribution >= 0.6 is 0 Å². The summed E-state index contributed by atoms with van der Waals surface area (Å²) in [6.45, 7) is 0.323. The van der Waals surface area contributed by atoms with E-state index in [0.717, 1.165) is 0 Å². The molecule has 6 atom stereocenters. The third-order valence-corrected chi connectivity index (χ3v) is 6.79. The lowest BCUT2D eigenvalue weighted by Gasteiger charge is -2.24. The van der Waals surface area contributed by atoms with Gasteiger partial charge in [-0.15, -0.1) is 0 Å². The Hall–Kier alpha value is -0.840. The van der Waals surface area contributed by atoms with Gasteiger partial charge in [0.1, 0.15) is 36.6 Å². The van der Waals surface area contributed by atoms with Crippen molar-refractivity contribution in [3.05, 3.63) is 0 Å². The molecule has 0 radical (unpaired) electrons. The minimum Gasteiger partial charge on any atom is -0.394 e. The first-order chi connectivity index (χ1) is 27.0. The van der Waals surface area contributed by atoms with Crippen molar-refractivity contribution in [3.63, 3.8) is 0 Å². The molecule has 21 heteroatoms. The van der Waals surface area contributed by atoms with Crippen LogP contribution in [-0.2, 0) is 61.6 Å². The van der Waals surface area contributed by atoms with E-state index >= 15 is 0 Å². The number of hydrogen-bond acceptors (Lipinski definition) is 21. The van der Waals surface area contributed by atoms with Gasteiger partial charge in [-0.1, -0.05) is 0 Å². The molecule has 0 saturated carbocycles. The summed E-state index contributed by atoms with van der Waals surface area (Å²) in [5, 5.41) is 73.2. The molecule has 0 heterocycles. The average Bonchev–Trinajstić information content (AvgIpc) is 3.19. The van der Waals surface area contributed by atoms with Gasteiger partial charge in [-0.05, 0) is 0 Å². The maximum absolute atomic E-state index is 9.32. The molecule has 0 spiro atoms. The quantitative estimate of drug-likeness (QED) is 0.0268. The van der Waals surface area contributed by atoms with Crippen molar-refractivity contribution < 1.29 is 102 Å². The smallest absolute Gasteiger partial charge is 0.104 e. The van der Waals surface area contributed by atoms with E-state index in [2.05, 4.69) is 0 Å². The standard InChI is InChI=1S/C34H70O21/c35-1-9-43-17-29(50-11-3-37)19-45-21-31(52-13-5-39)23-47-25-33(54-15-7-41)27-49-28-34(55-16-8-42)26-48-24-32(53-14-6-40)22-46-20-30(51-12-4-38)18-44-10-2-36/h29-42H,1-28H2. The van der Waals surface area contributed by atoms with E-state index in [1.807, 2.05) is 0 Å². The Morgan fingerprint density at radius 1 is 0.200 bits per heavy atom. The van der Waals surface area contributed by atoms with Crippen LogP contribution in [0.2, 0.25) is 0 Å². The van der Waals surface area contributed by atoms with Gasteiger partial charge in [-0.3, -0.25) is 0 Å². The zero-order chi connectivity index (χ0) is 40.5. The third kappa shape index (κ3) is 34.9. The highest BCUT2D eigenvalue weighted by Gasteiger charge is 2.19. The number of ether oxygens (including phenoxy) is 13. The molecule has 8 N–H and O–H groups in total. The van der Waals surface area contributed by atoms with Gasteiger partial charge in [0.05, 0.1) is 185 Å². The second-order valence-electron chi connectivity index (χ2n) is 11.6. The summed E-state index contributed by atoms with van der Waals surface area (Å²) < 4.78 is 73.3. The number of rotatable bonds is 46. The largest absolute Gasteiger partial charge is 0.394 e. The van der Waals surface area contributed by atoms with Crippen LogP contribution in [0.5, 0.6) is 0 Å². The van der Waals surface area contributed by atoms with Gasteiger partial charge in [-0.25, -0.2) is 0 Å². The SMILES string of the molecule is OCCOCC(COCC(COCC(COCC(COCC(COCC(COCCO)OCCO)OCCO)OCCO)OCCO)OCCO)OCCO. The fourth-order valence-electron chi connectivity index (χ4n) is 4.40. The van der Waals surface area contributed by atoms with Gasteiger partial charge in [0.15, 0.2) is 0 Å². The van der Waals surface area contributed by atoms with Crippen LogP contribution in [-0.4, -0.2) is 262 Å². The van der Waals surface area contributed by atoms with E-state index in [-0.39, 0.29) is 185 Å². The van der Waals surface area contributed by atoms with Gasteiger partial charge in [0.2, 0.25) is 0 Å². The first kappa shape index (κ1) is 54.2. The van der Waals surface area contributed by atoms with Crippen LogP contribution < -0.4 is 0 Å². The molecule has 332 valence electrons. The summed E-state index contributed by atoms with van der Waals surface area (Å²) in [6, 6.07) is 0. The summed E-state index contributed by atoms with van der Waals surface area (Å²) in [6.07, 6.45) is -3.25. The molecule has 0 aliphatic rings. The van der Waals surface area contributed by atoms with Gasteiger partial charge >= 0.3 is 0 Å². The predicted octanol–water partition coefficient (Wildman–Crippen LogP) is -4.65. The molecule has 55 heavy (non-hydrogen) atoms. The monoisotopic (exact) mass is 814 g/mol. The highest BCUT2D eigenvalue weighted by Crippen LogP contribution is 2.06. The van der Waals surface area contributed by atoms with Crippen LogP contribution in [0.4, 0.5) is 0 Å². The summed E-state index contributed by atoms with van der Waals surface area (Å²) in [5.41, 5.74) is 0. The van der Waals surface area contributed by atoms with Crippen molar-refractivity contribution in [1.29, 1.82) is 0 Å². The fraction of sp³-hybridized carbons (Fsp3) is 1.00. The van der Waals surface area contributed by atoms with E-state index in [4.69, 9.17) is 82.0 Å². The fourth-order valence-corrected chi connectivity index (χ4v) is 4.40. The Bertz CT molecular complexity index is 689. The lowest BCUT2D eigenvalue weighted by molar-refractivity contribution is -0.127. The summed E-state index contributed by atoms with van der Waals surface area (Å²) in [5.74, 6) is 0. The molecule has 0 rings (SSSR count). The molecule has 21 nitrogen and oxygen atoms in total. The van der Waals surface area contributed by atoms with Gasteiger partial charge in [-0.2, -0.15) is 0 Å². The lowest BCUT2D eigenvalue weighted by Crippen LogP contribution is -2.35. The topological polar surface area (TPSA) is 282 Å². The van der Waals surface area contributed by atoms with Crippen LogP contribution in [0.15, 0.2) is 0 Å². The van der Waals surface area contributed by atoms with Gasteiger partial charge < -0.3 is 102 Å². The highest BCUT2D eigenvalue weighted by atomic mass is 16.6. The van der Waals surface area contributed by atoms with Crippen LogP contribution in [0.25, 0.3) is 0 Å². The Labute approximate surface area is 324 Å². The third-order valence-electron chi connectivity index (χ3n) is 6.79. The molecule has 0 aromatic rings. The van der Waals surface area contributed by atoms with Crippen molar-refractivity contribution in [2.45, 2.75) is 36.6 Å². The van der Waals surface area contributed by atoms with Crippen LogP contribution in [0.1, 0.15) is 0 Å². The average molecular weight is 815 g/mol. The number of aliphatic hydroxyl groups is 8. The van der Waals surface area contributed by atoms with Gasteiger partial charge in [0, 0.05) is 0 Å². The normalized spacial score (nSPS) is 15.3. The molecule has 0 fully saturated rings. The Morgan fingerprint density at radius 2 is 0.345 bits per heavy atom. The van der Waals surface area contributed by atoms with Crippen LogP contribution in [0.3, 0.4) is 0 Å². The molecular formula is C34H70O21. The van der Waals surface area contributed by atoms with E-state index in [1.165, 1.54) is 0 Å². The highest BCUT2D eigenvalue weighted by molar-refractivity contribution is 4.65. The Morgan fingerprint density at radius 3 is 0.491 bits per heavy atom. The zero-order valence-electron chi connectivity index (χ0n) is 32.1. The molecule has 6 unspecified atom stereocenters. The lowest BCUT2D eigenvalue weighted by atomic mass is 10.3. The molecular weight excluding hydrogens is 744 g/mol. The minimum absolute atomic E-state index is 0.0351. The molecule has 0 aromatic carbocycles. The van der Waals surface area contributed by atoms with Gasteiger partial charge in [0.25, 0.3) is 0 Å². The van der Waals surface area contributed by atoms with E-state index < -0.39 is 36.6 Å². The minimum atomic E-state index is -0.585. The maximum Gasteiger partial charge on any atom is 0.104 e. The van der Waals surface area contributed by atoms with Crippen LogP contribution in [0, 0.1) is 0 Å². The predicted molar refractivity (Wildman–Crippen MR) is 191 cm³/mol. The molecule has 0 amide bonds. The second-order valence-corrected chi connectivity index (χ2v) is 11.6. The molecule has 0 aromatic heterocycles. The summed E-state index contributed by atoms with van der Waals surface area (Å²) >= 11 is 0. The second kappa shape index (κ2) is 42.8. The number of hydrogen-bond donors (Lipinski definition) is 8. The van der Waals surface area contributed by atoms with Crippen molar-refractivity contribution in [3.8, 4) is 0 Å². The summed E-state index contributed by atoms with van der Waals surface area (Å²) in [7, 11) is 0. The van der Waals surface area contributed by atoms with Crippen molar-refractivity contribution in [1.82, 2.24) is 0 Å². The summed E-state index contributed by atoms with van der Waals surface area (Å²) in [4.78, 5) is 0. The van der Waals surface area contributed by atoms with Crippen molar-refractivity contribution in [2.24, 2.45) is 0 Å². The Kier molecular flexibility index (Phi) is 42.1. The van der Waals surface area contributed by atoms with E-state index in [0.29, 0.717) is 0 Å². The van der Waals surface area contributed by atoms with Crippen molar-refractivity contribution in [2.75, 3.05) is 185 Å². The zero-order valence-corrected chi connectivity index (χ0v) is 32.1. The Balaban J connectivity index is 4.97. The molecule has 0 bridgehead atoms. The first-order valence-electron chi connectivity index (χ1n) is 18.6. The van der Waals surface area contributed by atoms with E-state index in [9.17, 15) is 20.4 Å². The number of aliphatic hydroxyl groups excluding tert-OH is 8. The van der Waals surface area contributed by atoms with Crippen molar-refractivity contribution >= 4 is 0 Å². The molecule has 0 aliphatic carbocycles. The first-order valence-corrected chi connectivity index (χ1v) is 18.6. The molecule has 0 aliphatic heterocycles. The maximum atomic E-state index is 9.32. The molecule has 0 saturated heterocycles. The van der Waals surface area contributed by atoms with E-state index in [1.54, 1.807) is 0 Å².